The minimum atomic E-state index is -0.568. The second-order valence-corrected chi connectivity index (χ2v) is 9.19. The molecular formula is C28H32N2O2S. The van der Waals surface area contributed by atoms with Crippen molar-refractivity contribution < 1.29 is 9.59 Å². The van der Waals surface area contributed by atoms with Crippen molar-refractivity contribution in [1.29, 1.82) is 0 Å². The molecule has 172 valence electrons. The van der Waals surface area contributed by atoms with Crippen LogP contribution in [0.4, 0.5) is 0 Å². The van der Waals surface area contributed by atoms with Gasteiger partial charge in [0.25, 0.3) is 0 Å². The second-order valence-electron chi connectivity index (χ2n) is 8.02. The molecule has 3 rings (SSSR count). The Morgan fingerprint density at radius 3 is 2.24 bits per heavy atom. The van der Waals surface area contributed by atoms with Gasteiger partial charge in [-0.05, 0) is 37.1 Å². The largest absolute Gasteiger partial charge is 0.355 e. The van der Waals surface area contributed by atoms with Gasteiger partial charge in [-0.3, -0.25) is 9.59 Å². The van der Waals surface area contributed by atoms with Gasteiger partial charge in [-0.1, -0.05) is 78.4 Å². The number of hydrogen-bond acceptors (Lipinski definition) is 3. The fourth-order valence-corrected chi connectivity index (χ4v) is 4.63. The van der Waals surface area contributed by atoms with E-state index in [1.54, 1.807) is 16.7 Å². The van der Waals surface area contributed by atoms with Crippen LogP contribution in [0.1, 0.15) is 30.0 Å². The van der Waals surface area contributed by atoms with E-state index in [9.17, 15) is 9.59 Å². The summed E-state index contributed by atoms with van der Waals surface area (Å²) in [6.07, 6.45) is 0.853. The van der Waals surface area contributed by atoms with E-state index >= 15 is 0 Å². The molecule has 2 amide bonds. The van der Waals surface area contributed by atoms with Gasteiger partial charge in [0.1, 0.15) is 6.04 Å². The van der Waals surface area contributed by atoms with Crippen LogP contribution in [0.3, 0.4) is 0 Å². The Morgan fingerprint density at radius 2 is 1.58 bits per heavy atom. The first-order valence-corrected chi connectivity index (χ1v) is 12.4. The summed E-state index contributed by atoms with van der Waals surface area (Å²) in [6, 6.07) is 27.5. The highest BCUT2D eigenvalue weighted by atomic mass is 32.2. The zero-order valence-electron chi connectivity index (χ0n) is 19.4. The summed E-state index contributed by atoms with van der Waals surface area (Å²) in [7, 11) is 0. The summed E-state index contributed by atoms with van der Waals surface area (Å²) < 4.78 is 0. The zero-order valence-corrected chi connectivity index (χ0v) is 20.2. The molecule has 3 aromatic carbocycles. The van der Waals surface area contributed by atoms with Crippen LogP contribution in [-0.4, -0.2) is 35.1 Å². The fourth-order valence-electron chi connectivity index (χ4n) is 3.77. The molecule has 0 heterocycles. The van der Waals surface area contributed by atoms with E-state index in [0.29, 0.717) is 31.7 Å². The van der Waals surface area contributed by atoms with Crippen LogP contribution in [0.15, 0.2) is 89.8 Å². The SMILES string of the molecule is CCNC(=O)[C@@H](Cc1ccccc1)N(Cc1cccc(C)c1)C(=O)CCSc1ccccc1. The lowest BCUT2D eigenvalue weighted by Crippen LogP contribution is -2.50. The van der Waals surface area contributed by atoms with Gasteiger partial charge in [0, 0.05) is 36.6 Å². The Balaban J connectivity index is 1.82. The Kier molecular flexibility index (Phi) is 9.58. The van der Waals surface area contributed by atoms with Crippen LogP contribution >= 0.6 is 11.8 Å². The molecule has 1 N–H and O–H groups in total. The number of nitrogens with one attached hydrogen (secondary N) is 1. The summed E-state index contributed by atoms with van der Waals surface area (Å²) in [6.45, 7) is 4.88. The Labute approximate surface area is 201 Å². The molecule has 0 unspecified atom stereocenters. The molecule has 0 aromatic heterocycles. The van der Waals surface area contributed by atoms with Crippen molar-refractivity contribution in [3.63, 3.8) is 0 Å². The number of carbonyl (C=O) groups excluding carboxylic acids is 2. The van der Waals surface area contributed by atoms with Gasteiger partial charge in [0.15, 0.2) is 0 Å². The first-order valence-electron chi connectivity index (χ1n) is 11.4. The first-order chi connectivity index (χ1) is 16.1. The third-order valence-corrected chi connectivity index (χ3v) is 6.40. The number of carbonyl (C=O) groups is 2. The lowest BCUT2D eigenvalue weighted by Gasteiger charge is -2.31. The van der Waals surface area contributed by atoms with E-state index in [1.165, 1.54) is 0 Å². The highest BCUT2D eigenvalue weighted by Crippen LogP contribution is 2.21. The van der Waals surface area contributed by atoms with Crippen molar-refractivity contribution in [3.05, 3.63) is 102 Å². The van der Waals surface area contributed by atoms with Gasteiger partial charge in [-0.25, -0.2) is 0 Å². The number of nitrogens with zero attached hydrogens (tertiary/aromatic N) is 1. The van der Waals surface area contributed by atoms with Gasteiger partial charge in [0.2, 0.25) is 11.8 Å². The van der Waals surface area contributed by atoms with Gasteiger partial charge < -0.3 is 10.2 Å². The lowest BCUT2D eigenvalue weighted by molar-refractivity contribution is -0.140. The van der Waals surface area contributed by atoms with E-state index in [2.05, 4.69) is 11.4 Å². The molecule has 0 aliphatic heterocycles. The van der Waals surface area contributed by atoms with Crippen LogP contribution in [-0.2, 0) is 22.6 Å². The Morgan fingerprint density at radius 1 is 0.909 bits per heavy atom. The van der Waals surface area contributed by atoms with Gasteiger partial charge >= 0.3 is 0 Å². The topological polar surface area (TPSA) is 49.4 Å². The minimum Gasteiger partial charge on any atom is -0.355 e. The Hall–Kier alpha value is -3.05. The van der Waals surface area contributed by atoms with E-state index in [-0.39, 0.29) is 11.8 Å². The monoisotopic (exact) mass is 460 g/mol. The summed E-state index contributed by atoms with van der Waals surface area (Å²) in [5.41, 5.74) is 3.20. The number of aryl methyl sites for hydroxylation is 1. The van der Waals surface area contributed by atoms with Crippen LogP contribution in [0.25, 0.3) is 0 Å². The van der Waals surface area contributed by atoms with Crippen molar-refractivity contribution in [2.45, 2.75) is 44.2 Å². The van der Waals surface area contributed by atoms with Crippen molar-refractivity contribution in [3.8, 4) is 0 Å². The standard InChI is InChI=1S/C28H32N2O2S/c1-3-29-28(32)26(20-23-12-6-4-7-13-23)30(21-24-14-10-11-22(2)19-24)27(31)17-18-33-25-15-8-5-9-16-25/h4-16,19,26H,3,17-18,20-21H2,1-2H3,(H,29,32)/t26-/m1/s1. The number of thioether (sulfide) groups is 1. The summed E-state index contributed by atoms with van der Waals surface area (Å²) in [5, 5.41) is 2.94. The van der Waals surface area contributed by atoms with Crippen LogP contribution in [0.5, 0.6) is 0 Å². The molecule has 5 heteroatoms. The normalized spacial score (nSPS) is 11.6. The molecule has 0 spiro atoms. The predicted octanol–water partition coefficient (Wildman–Crippen LogP) is 5.25. The molecule has 3 aromatic rings. The predicted molar refractivity (Wildman–Crippen MR) is 136 cm³/mol. The van der Waals surface area contributed by atoms with Crippen LogP contribution in [0, 0.1) is 6.92 Å². The molecule has 1 atom stereocenters. The van der Waals surface area contributed by atoms with Crippen molar-refractivity contribution in [1.82, 2.24) is 10.2 Å². The third kappa shape index (κ3) is 7.79. The van der Waals surface area contributed by atoms with Gasteiger partial charge in [-0.2, -0.15) is 0 Å². The molecule has 0 radical (unpaired) electrons. The number of hydrogen-bond donors (Lipinski definition) is 1. The molecule has 0 saturated carbocycles. The summed E-state index contributed by atoms with van der Waals surface area (Å²) in [5.74, 6) is 0.547. The maximum Gasteiger partial charge on any atom is 0.243 e. The molecule has 0 aliphatic carbocycles. The molecule has 0 bridgehead atoms. The van der Waals surface area contributed by atoms with E-state index < -0.39 is 6.04 Å². The molecular weight excluding hydrogens is 428 g/mol. The van der Waals surface area contributed by atoms with Crippen molar-refractivity contribution in [2.24, 2.45) is 0 Å². The smallest absolute Gasteiger partial charge is 0.243 e. The molecule has 0 aliphatic rings. The van der Waals surface area contributed by atoms with E-state index in [1.807, 2.05) is 92.7 Å². The zero-order chi connectivity index (χ0) is 23.5. The first kappa shape index (κ1) is 24.6. The minimum absolute atomic E-state index is 0.00729. The quantitative estimate of drug-likeness (QED) is 0.398. The highest BCUT2D eigenvalue weighted by molar-refractivity contribution is 7.99. The molecule has 33 heavy (non-hydrogen) atoms. The van der Waals surface area contributed by atoms with Gasteiger partial charge in [-0.15, -0.1) is 11.8 Å². The second kappa shape index (κ2) is 12.9. The average Bonchev–Trinajstić information content (AvgIpc) is 2.83. The summed E-state index contributed by atoms with van der Waals surface area (Å²) in [4.78, 5) is 29.5. The molecule has 0 fully saturated rings. The Bertz CT molecular complexity index is 1020. The van der Waals surface area contributed by atoms with Gasteiger partial charge in [0.05, 0.1) is 0 Å². The van der Waals surface area contributed by atoms with Crippen LogP contribution < -0.4 is 5.32 Å². The average molecular weight is 461 g/mol. The maximum absolute atomic E-state index is 13.5. The van der Waals surface area contributed by atoms with Crippen molar-refractivity contribution >= 4 is 23.6 Å². The third-order valence-electron chi connectivity index (χ3n) is 5.39. The lowest BCUT2D eigenvalue weighted by atomic mass is 10.0. The number of benzene rings is 3. The van der Waals surface area contributed by atoms with Crippen LogP contribution in [0.2, 0.25) is 0 Å². The van der Waals surface area contributed by atoms with E-state index in [4.69, 9.17) is 0 Å². The molecule has 0 saturated heterocycles. The van der Waals surface area contributed by atoms with Crippen molar-refractivity contribution in [2.75, 3.05) is 12.3 Å². The highest BCUT2D eigenvalue weighted by Gasteiger charge is 2.29. The number of rotatable bonds is 11. The molecule has 4 nitrogen and oxygen atoms in total. The number of amides is 2. The van der Waals surface area contributed by atoms with E-state index in [0.717, 1.165) is 21.6 Å². The fraction of sp³-hybridized carbons (Fsp3) is 0.286. The number of likely N-dealkylation sites (N-methyl/N-ethyl adjacent to an activating group) is 1. The maximum atomic E-state index is 13.5. The summed E-state index contributed by atoms with van der Waals surface area (Å²) >= 11 is 1.66.